The summed E-state index contributed by atoms with van der Waals surface area (Å²) >= 11 is 18.0. The molecule has 1 fully saturated rings. The van der Waals surface area contributed by atoms with Crippen molar-refractivity contribution in [3.8, 4) is 5.75 Å². The van der Waals surface area contributed by atoms with E-state index in [1.807, 2.05) is 6.07 Å². The molecule has 180 valence electrons. The van der Waals surface area contributed by atoms with E-state index in [2.05, 4.69) is 32.9 Å². The van der Waals surface area contributed by atoms with E-state index in [0.29, 0.717) is 53.5 Å². The zero-order valence-electron chi connectivity index (χ0n) is 18.9. The van der Waals surface area contributed by atoms with E-state index in [0.717, 1.165) is 30.0 Å². The van der Waals surface area contributed by atoms with Gasteiger partial charge in [-0.2, -0.15) is 0 Å². The molecule has 1 saturated heterocycles. The highest BCUT2D eigenvalue weighted by molar-refractivity contribution is 7.81. The molecule has 2 aliphatic heterocycles. The van der Waals surface area contributed by atoms with E-state index in [-0.39, 0.29) is 10.9 Å². The number of nitrogens with zero attached hydrogens (tertiary/aromatic N) is 2. The highest BCUT2D eigenvalue weighted by Gasteiger charge is 2.25. The number of benzene rings is 1. The fraction of sp³-hybridized carbons (Fsp3) is 0.375. The van der Waals surface area contributed by atoms with E-state index < -0.39 is 0 Å². The second-order valence-corrected chi connectivity index (χ2v) is 9.53. The van der Waals surface area contributed by atoms with E-state index in [1.165, 1.54) is 6.42 Å². The molecule has 0 radical (unpaired) electrons. The van der Waals surface area contributed by atoms with Crippen LogP contribution in [0.3, 0.4) is 0 Å². The van der Waals surface area contributed by atoms with Crippen molar-refractivity contribution < 1.29 is 9.53 Å². The predicted octanol–water partition coefficient (Wildman–Crippen LogP) is 4.16. The summed E-state index contributed by atoms with van der Waals surface area (Å²) in [7, 11) is 2.13. The summed E-state index contributed by atoms with van der Waals surface area (Å²) in [4.78, 5) is 19.5. The number of nitrogens with one attached hydrogen (secondary N) is 3. The Balaban J connectivity index is 1.48. The first kappa shape index (κ1) is 24.7. The molecule has 3 heterocycles. The van der Waals surface area contributed by atoms with Crippen LogP contribution in [0.1, 0.15) is 24.8 Å². The van der Waals surface area contributed by atoms with Gasteiger partial charge in [0.25, 0.3) is 5.91 Å². The van der Waals surface area contributed by atoms with Crippen molar-refractivity contribution in [1.29, 1.82) is 0 Å². The van der Waals surface area contributed by atoms with Crippen LogP contribution in [0.25, 0.3) is 0 Å². The van der Waals surface area contributed by atoms with Gasteiger partial charge in [-0.25, -0.2) is 0 Å². The van der Waals surface area contributed by atoms with E-state index in [9.17, 15) is 4.79 Å². The molecule has 3 N–H and O–H groups in total. The largest absolute Gasteiger partial charge is 0.490 e. The first-order valence-electron chi connectivity index (χ1n) is 11.2. The Morgan fingerprint density at radius 2 is 2.21 bits per heavy atom. The minimum absolute atomic E-state index is 0.236. The minimum atomic E-state index is -0.236. The van der Waals surface area contributed by atoms with Gasteiger partial charge >= 0.3 is 0 Å². The maximum absolute atomic E-state index is 12.7. The number of pyridine rings is 1. The average molecular weight is 520 g/mol. The third kappa shape index (κ3) is 5.81. The SMILES string of the molecule is CN1CCC[C@H]1COc1cnccc1CNC1=C(C(=S)Nc2cccc(Cl)c2Cl)C(=O)NCC1. The van der Waals surface area contributed by atoms with Gasteiger partial charge in [-0.05, 0) is 44.6 Å². The van der Waals surface area contributed by atoms with Gasteiger partial charge in [0.2, 0.25) is 0 Å². The van der Waals surface area contributed by atoms with Crippen molar-refractivity contribution in [2.24, 2.45) is 0 Å². The molecule has 4 rings (SSSR count). The van der Waals surface area contributed by atoms with Crippen molar-refractivity contribution >= 4 is 52.0 Å². The van der Waals surface area contributed by atoms with E-state index in [4.69, 9.17) is 40.2 Å². The van der Waals surface area contributed by atoms with Gasteiger partial charge in [0.05, 0.1) is 27.5 Å². The van der Waals surface area contributed by atoms with Crippen LogP contribution in [0.2, 0.25) is 10.0 Å². The molecular formula is C24H27Cl2N5O2S. The Labute approximate surface area is 214 Å². The number of hydrogen-bond donors (Lipinski definition) is 3. The van der Waals surface area contributed by atoms with Crippen LogP contribution in [-0.4, -0.2) is 53.6 Å². The Kier molecular flexibility index (Phi) is 8.26. The first-order valence-corrected chi connectivity index (χ1v) is 12.4. The number of carbonyl (C=O) groups is 1. The van der Waals surface area contributed by atoms with Crippen molar-refractivity contribution in [3.63, 3.8) is 0 Å². The van der Waals surface area contributed by atoms with Gasteiger partial charge in [-0.3, -0.25) is 9.78 Å². The number of anilines is 1. The number of carbonyl (C=O) groups excluding carboxylic acids is 1. The van der Waals surface area contributed by atoms with Crippen LogP contribution in [0, 0.1) is 0 Å². The molecule has 0 bridgehead atoms. The lowest BCUT2D eigenvalue weighted by molar-refractivity contribution is -0.117. The second kappa shape index (κ2) is 11.4. The van der Waals surface area contributed by atoms with Crippen molar-refractivity contribution in [1.82, 2.24) is 20.5 Å². The lowest BCUT2D eigenvalue weighted by atomic mass is 10.1. The summed E-state index contributed by atoms with van der Waals surface area (Å²) < 4.78 is 6.13. The highest BCUT2D eigenvalue weighted by atomic mass is 35.5. The van der Waals surface area contributed by atoms with Crippen LogP contribution >= 0.6 is 35.4 Å². The number of likely N-dealkylation sites (tertiary alicyclic amines) is 1. The first-order chi connectivity index (χ1) is 16.4. The number of halogens is 2. The van der Waals surface area contributed by atoms with Crippen molar-refractivity contribution in [3.05, 3.63) is 63.5 Å². The van der Waals surface area contributed by atoms with Gasteiger partial charge in [-0.1, -0.05) is 41.5 Å². The quantitative estimate of drug-likeness (QED) is 0.451. The molecule has 34 heavy (non-hydrogen) atoms. The maximum Gasteiger partial charge on any atom is 0.256 e. The summed E-state index contributed by atoms with van der Waals surface area (Å²) in [6.07, 6.45) is 6.43. The Hall–Kier alpha value is -2.39. The normalized spacial score (nSPS) is 18.6. The van der Waals surface area contributed by atoms with Crippen molar-refractivity contribution in [2.45, 2.75) is 31.8 Å². The number of ether oxygens (including phenoxy) is 1. The number of likely N-dealkylation sites (N-methyl/N-ethyl adjacent to an activating group) is 1. The molecule has 1 aromatic carbocycles. The molecule has 2 aliphatic rings. The summed E-state index contributed by atoms with van der Waals surface area (Å²) in [5, 5.41) is 10.1. The summed E-state index contributed by atoms with van der Waals surface area (Å²) in [5.74, 6) is 0.504. The number of rotatable bonds is 8. The number of hydrogen-bond acceptors (Lipinski definition) is 6. The van der Waals surface area contributed by atoms with Crippen LogP contribution < -0.4 is 20.7 Å². The topological polar surface area (TPSA) is 78.5 Å². The summed E-state index contributed by atoms with van der Waals surface area (Å²) in [6, 6.07) is 7.56. The molecule has 7 nitrogen and oxygen atoms in total. The molecule has 1 atom stereocenters. The Bertz CT molecular complexity index is 1110. The fourth-order valence-corrected chi connectivity index (χ4v) is 4.79. The monoisotopic (exact) mass is 519 g/mol. The smallest absolute Gasteiger partial charge is 0.256 e. The summed E-state index contributed by atoms with van der Waals surface area (Å²) in [5.41, 5.74) is 2.66. The van der Waals surface area contributed by atoms with Gasteiger partial charge in [-0.15, -0.1) is 0 Å². The number of amides is 1. The molecule has 0 spiro atoms. The molecule has 1 aromatic heterocycles. The Morgan fingerprint density at radius 1 is 1.35 bits per heavy atom. The number of thiocarbonyl (C=S) groups is 1. The zero-order valence-corrected chi connectivity index (χ0v) is 21.2. The van der Waals surface area contributed by atoms with Gasteiger partial charge in [0.15, 0.2) is 0 Å². The Morgan fingerprint density at radius 3 is 3.00 bits per heavy atom. The third-order valence-electron chi connectivity index (χ3n) is 6.08. The van der Waals surface area contributed by atoms with E-state index >= 15 is 0 Å². The summed E-state index contributed by atoms with van der Waals surface area (Å²) in [6.45, 7) is 2.73. The predicted molar refractivity (Wildman–Crippen MR) is 140 cm³/mol. The molecule has 1 amide bonds. The molecular weight excluding hydrogens is 493 g/mol. The lowest BCUT2D eigenvalue weighted by Crippen LogP contribution is -2.39. The lowest BCUT2D eigenvalue weighted by Gasteiger charge is -2.24. The zero-order chi connectivity index (χ0) is 24.1. The standard InChI is InChI=1S/C24H27Cl2N5O2S/c1-31-11-3-4-16(31)14-33-20-13-27-9-7-15(20)12-29-18-8-10-28-23(32)21(18)24(34)30-19-6-2-5-17(25)22(19)26/h2,5-7,9,13,16,29H,3-4,8,10-12,14H2,1H3,(H,28,32)(H,30,34)/t16-/m0/s1. The molecule has 10 heteroatoms. The fourth-order valence-electron chi connectivity index (χ4n) is 4.12. The van der Waals surface area contributed by atoms with Gasteiger partial charge in [0, 0.05) is 43.0 Å². The van der Waals surface area contributed by atoms with E-state index in [1.54, 1.807) is 30.6 Å². The molecule has 0 unspecified atom stereocenters. The van der Waals surface area contributed by atoms with Gasteiger partial charge < -0.3 is 25.6 Å². The second-order valence-electron chi connectivity index (χ2n) is 8.34. The minimum Gasteiger partial charge on any atom is -0.490 e. The third-order valence-corrected chi connectivity index (χ3v) is 7.21. The average Bonchev–Trinajstić information content (AvgIpc) is 3.24. The molecule has 2 aromatic rings. The van der Waals surface area contributed by atoms with Crippen LogP contribution in [0.15, 0.2) is 47.9 Å². The van der Waals surface area contributed by atoms with Crippen LogP contribution in [0.4, 0.5) is 5.69 Å². The number of aromatic nitrogens is 1. The molecule has 0 saturated carbocycles. The maximum atomic E-state index is 12.7. The van der Waals surface area contributed by atoms with Crippen LogP contribution in [-0.2, 0) is 11.3 Å². The van der Waals surface area contributed by atoms with Crippen LogP contribution in [0.5, 0.6) is 5.75 Å². The molecule has 0 aliphatic carbocycles. The van der Waals surface area contributed by atoms with Gasteiger partial charge in [0.1, 0.15) is 17.3 Å². The van der Waals surface area contributed by atoms with Crippen molar-refractivity contribution in [2.75, 3.05) is 32.1 Å². The highest BCUT2D eigenvalue weighted by Crippen LogP contribution is 2.30.